The summed E-state index contributed by atoms with van der Waals surface area (Å²) in [5, 5.41) is 5.56. The Bertz CT molecular complexity index is 717. The summed E-state index contributed by atoms with van der Waals surface area (Å²) < 4.78 is 0.967. The van der Waals surface area contributed by atoms with Crippen LogP contribution in [-0.4, -0.2) is 29.9 Å². The Morgan fingerprint density at radius 2 is 1.96 bits per heavy atom. The highest BCUT2D eigenvalue weighted by molar-refractivity contribution is 9.10. The second-order valence-electron chi connectivity index (χ2n) is 5.03. The molecule has 6 heteroatoms. The van der Waals surface area contributed by atoms with Crippen molar-refractivity contribution in [3.05, 3.63) is 70.5 Å². The fourth-order valence-corrected chi connectivity index (χ4v) is 2.36. The lowest BCUT2D eigenvalue weighted by Gasteiger charge is -2.05. The standard InChI is InChI=1S/C18H18BrN3O2/c19-16-6-1-4-14(12-16)7-8-17(23)21-10-3-11-22-18(24)15-5-2-9-20-13-15/h1-2,4-9,12-13H,3,10-11H2,(H,21,23)(H,22,24)/b8-7+. The Labute approximate surface area is 149 Å². The van der Waals surface area contributed by atoms with E-state index in [9.17, 15) is 9.59 Å². The maximum atomic E-state index is 11.8. The van der Waals surface area contributed by atoms with Crippen LogP contribution in [0.1, 0.15) is 22.3 Å². The van der Waals surface area contributed by atoms with E-state index >= 15 is 0 Å². The van der Waals surface area contributed by atoms with Crippen LogP contribution in [0.3, 0.4) is 0 Å². The van der Waals surface area contributed by atoms with Crippen molar-refractivity contribution in [2.45, 2.75) is 6.42 Å². The third kappa shape index (κ3) is 6.34. The highest BCUT2D eigenvalue weighted by atomic mass is 79.9. The second kappa shape index (κ2) is 9.62. The van der Waals surface area contributed by atoms with E-state index in [0.29, 0.717) is 25.1 Å². The van der Waals surface area contributed by atoms with E-state index in [4.69, 9.17) is 0 Å². The van der Waals surface area contributed by atoms with Gasteiger partial charge in [-0.2, -0.15) is 0 Å². The number of pyridine rings is 1. The van der Waals surface area contributed by atoms with Crippen molar-refractivity contribution in [2.75, 3.05) is 13.1 Å². The topological polar surface area (TPSA) is 71.1 Å². The third-order valence-corrected chi connectivity index (χ3v) is 3.63. The zero-order chi connectivity index (χ0) is 17.2. The van der Waals surface area contributed by atoms with E-state index in [1.165, 1.54) is 12.3 Å². The fourth-order valence-electron chi connectivity index (χ4n) is 1.94. The van der Waals surface area contributed by atoms with Crippen LogP contribution in [0.2, 0.25) is 0 Å². The molecule has 0 unspecified atom stereocenters. The molecule has 0 atom stereocenters. The van der Waals surface area contributed by atoms with E-state index < -0.39 is 0 Å². The van der Waals surface area contributed by atoms with E-state index in [0.717, 1.165) is 10.0 Å². The molecule has 1 aromatic heterocycles. The molecule has 2 aromatic rings. The third-order valence-electron chi connectivity index (χ3n) is 3.14. The van der Waals surface area contributed by atoms with Crippen LogP contribution in [0.15, 0.2) is 59.3 Å². The minimum absolute atomic E-state index is 0.159. The van der Waals surface area contributed by atoms with Gasteiger partial charge in [0.05, 0.1) is 5.56 Å². The monoisotopic (exact) mass is 387 g/mol. The van der Waals surface area contributed by atoms with Crippen LogP contribution >= 0.6 is 15.9 Å². The van der Waals surface area contributed by atoms with Gasteiger partial charge in [0, 0.05) is 36.0 Å². The first-order valence-electron chi connectivity index (χ1n) is 7.55. The Morgan fingerprint density at radius 1 is 1.12 bits per heavy atom. The van der Waals surface area contributed by atoms with Crippen LogP contribution in [0.25, 0.3) is 6.08 Å². The van der Waals surface area contributed by atoms with Crippen LogP contribution in [0.5, 0.6) is 0 Å². The highest BCUT2D eigenvalue weighted by Crippen LogP contribution is 2.12. The second-order valence-corrected chi connectivity index (χ2v) is 5.95. The van der Waals surface area contributed by atoms with Crippen molar-refractivity contribution in [3.8, 4) is 0 Å². The van der Waals surface area contributed by atoms with Crippen LogP contribution < -0.4 is 10.6 Å². The molecule has 24 heavy (non-hydrogen) atoms. The number of nitrogens with one attached hydrogen (secondary N) is 2. The van der Waals surface area contributed by atoms with Gasteiger partial charge in [-0.1, -0.05) is 28.1 Å². The lowest BCUT2D eigenvalue weighted by atomic mass is 10.2. The predicted octanol–water partition coefficient (Wildman–Crippen LogP) is 2.79. The average Bonchev–Trinajstić information content (AvgIpc) is 2.60. The number of aromatic nitrogens is 1. The summed E-state index contributed by atoms with van der Waals surface area (Å²) in [4.78, 5) is 27.4. The lowest BCUT2D eigenvalue weighted by Crippen LogP contribution is -2.29. The Hall–Kier alpha value is -2.47. The minimum Gasteiger partial charge on any atom is -0.352 e. The maximum Gasteiger partial charge on any atom is 0.252 e. The van der Waals surface area contributed by atoms with Crippen LogP contribution in [0, 0.1) is 0 Å². The molecular formula is C18H18BrN3O2. The first kappa shape index (κ1) is 17.9. The van der Waals surface area contributed by atoms with Crippen LogP contribution in [0.4, 0.5) is 0 Å². The smallest absolute Gasteiger partial charge is 0.252 e. The number of hydrogen-bond donors (Lipinski definition) is 2. The van der Waals surface area contributed by atoms with Gasteiger partial charge in [-0.15, -0.1) is 0 Å². The molecular weight excluding hydrogens is 370 g/mol. The molecule has 0 aliphatic carbocycles. The Balaban J connectivity index is 1.63. The molecule has 0 aliphatic heterocycles. The Kier molecular flexibility index (Phi) is 7.17. The predicted molar refractivity (Wildman–Crippen MR) is 97.4 cm³/mol. The normalized spacial score (nSPS) is 10.5. The largest absolute Gasteiger partial charge is 0.352 e. The summed E-state index contributed by atoms with van der Waals surface area (Å²) in [5.41, 5.74) is 1.47. The SMILES string of the molecule is O=C(/C=C/c1cccc(Br)c1)NCCCNC(=O)c1cccnc1. The van der Waals surface area contributed by atoms with Gasteiger partial charge in [0.25, 0.3) is 5.91 Å². The Morgan fingerprint density at radius 3 is 2.71 bits per heavy atom. The van der Waals surface area contributed by atoms with E-state index in [2.05, 4.69) is 31.5 Å². The molecule has 0 bridgehead atoms. The highest BCUT2D eigenvalue weighted by Gasteiger charge is 2.03. The minimum atomic E-state index is -0.163. The average molecular weight is 388 g/mol. The number of nitrogens with zero attached hydrogens (tertiary/aromatic N) is 1. The summed E-state index contributed by atoms with van der Waals surface area (Å²) in [6.45, 7) is 0.984. The van der Waals surface area contributed by atoms with Gasteiger partial charge in [0.2, 0.25) is 5.91 Å². The van der Waals surface area contributed by atoms with Crippen molar-refractivity contribution < 1.29 is 9.59 Å². The van der Waals surface area contributed by atoms with Crippen molar-refractivity contribution >= 4 is 33.8 Å². The number of amides is 2. The maximum absolute atomic E-state index is 11.8. The van der Waals surface area contributed by atoms with Gasteiger partial charge in [0.1, 0.15) is 0 Å². The summed E-state index contributed by atoms with van der Waals surface area (Å²) >= 11 is 3.38. The van der Waals surface area contributed by atoms with Gasteiger partial charge in [-0.3, -0.25) is 14.6 Å². The first-order valence-corrected chi connectivity index (χ1v) is 8.34. The summed E-state index contributed by atoms with van der Waals surface area (Å²) in [7, 11) is 0. The summed E-state index contributed by atoms with van der Waals surface area (Å²) in [6.07, 6.45) is 7.04. The van der Waals surface area contributed by atoms with E-state index in [1.807, 2.05) is 24.3 Å². The van der Waals surface area contributed by atoms with E-state index in [1.54, 1.807) is 24.4 Å². The van der Waals surface area contributed by atoms with Gasteiger partial charge in [-0.25, -0.2) is 0 Å². The molecule has 1 heterocycles. The van der Waals surface area contributed by atoms with Crippen molar-refractivity contribution in [2.24, 2.45) is 0 Å². The number of rotatable bonds is 7. The number of hydrogen-bond acceptors (Lipinski definition) is 3. The first-order chi connectivity index (χ1) is 11.6. The molecule has 2 N–H and O–H groups in total. The molecule has 1 aromatic carbocycles. The number of benzene rings is 1. The molecule has 2 amide bonds. The molecule has 0 fully saturated rings. The zero-order valence-electron chi connectivity index (χ0n) is 13.0. The van der Waals surface area contributed by atoms with Gasteiger partial charge in [-0.05, 0) is 42.3 Å². The van der Waals surface area contributed by atoms with E-state index in [-0.39, 0.29) is 11.8 Å². The molecule has 0 aliphatic rings. The fraction of sp³-hybridized carbons (Fsp3) is 0.167. The van der Waals surface area contributed by atoms with Gasteiger partial charge in [0.15, 0.2) is 0 Å². The summed E-state index contributed by atoms with van der Waals surface area (Å²) in [5.74, 6) is -0.322. The number of carbonyl (C=O) groups excluding carboxylic acids is 2. The quantitative estimate of drug-likeness (QED) is 0.566. The zero-order valence-corrected chi connectivity index (χ0v) is 14.6. The van der Waals surface area contributed by atoms with Crippen LogP contribution in [-0.2, 0) is 4.79 Å². The summed E-state index contributed by atoms with van der Waals surface area (Å²) in [6, 6.07) is 11.1. The molecule has 0 spiro atoms. The van der Waals surface area contributed by atoms with Crippen molar-refractivity contribution in [1.82, 2.24) is 15.6 Å². The number of carbonyl (C=O) groups is 2. The van der Waals surface area contributed by atoms with Crippen molar-refractivity contribution in [3.63, 3.8) is 0 Å². The molecule has 0 saturated heterocycles. The molecule has 0 radical (unpaired) electrons. The van der Waals surface area contributed by atoms with Crippen molar-refractivity contribution in [1.29, 1.82) is 0 Å². The molecule has 2 rings (SSSR count). The number of halogens is 1. The van der Waals surface area contributed by atoms with Gasteiger partial charge < -0.3 is 10.6 Å². The molecule has 124 valence electrons. The molecule has 0 saturated carbocycles. The van der Waals surface area contributed by atoms with Gasteiger partial charge >= 0.3 is 0 Å². The molecule has 5 nitrogen and oxygen atoms in total. The lowest BCUT2D eigenvalue weighted by molar-refractivity contribution is -0.116.